The van der Waals surface area contributed by atoms with Gasteiger partial charge in [-0.1, -0.05) is 50.6 Å². The lowest BCUT2D eigenvalue weighted by Crippen LogP contribution is -2.36. The first-order valence-corrected chi connectivity index (χ1v) is 6.55. The van der Waals surface area contributed by atoms with Crippen LogP contribution in [0.2, 0.25) is 5.02 Å². The van der Waals surface area contributed by atoms with E-state index in [4.69, 9.17) is 11.6 Å². The highest BCUT2D eigenvalue weighted by molar-refractivity contribution is 6.30. The van der Waals surface area contributed by atoms with Gasteiger partial charge in [-0.25, -0.2) is 4.39 Å². The van der Waals surface area contributed by atoms with E-state index in [1.54, 1.807) is 18.2 Å². The fraction of sp³-hybridized carbons (Fsp3) is 0.467. The molecule has 1 atom stereocenters. The van der Waals surface area contributed by atoms with Gasteiger partial charge in [0.15, 0.2) is 0 Å². The van der Waals surface area contributed by atoms with Crippen molar-refractivity contribution in [3.05, 3.63) is 47.3 Å². The Hall–Kier alpha value is -0.860. The van der Waals surface area contributed by atoms with Crippen LogP contribution >= 0.6 is 11.6 Å². The Morgan fingerprint density at radius 1 is 1.50 bits per heavy atom. The summed E-state index contributed by atoms with van der Waals surface area (Å²) >= 11 is 5.80. The molecule has 0 saturated carbocycles. The molecule has 0 radical (unpaired) electrons. The zero-order chi connectivity index (χ0) is 13.8. The van der Waals surface area contributed by atoms with Gasteiger partial charge in [0.05, 0.1) is 5.02 Å². The second kappa shape index (κ2) is 6.35. The Kier molecular flexibility index (Phi) is 5.36. The van der Waals surface area contributed by atoms with Gasteiger partial charge in [-0.05, 0) is 18.1 Å². The number of rotatable bonds is 6. The highest BCUT2D eigenvalue weighted by Crippen LogP contribution is 2.27. The molecule has 0 aliphatic rings. The molecule has 1 nitrogen and oxygen atoms in total. The maximum Gasteiger partial charge on any atom is 0.144 e. The van der Waals surface area contributed by atoms with Crippen molar-refractivity contribution in [3.63, 3.8) is 0 Å². The Morgan fingerprint density at radius 2 is 2.17 bits per heavy atom. The van der Waals surface area contributed by atoms with Crippen LogP contribution in [0.15, 0.2) is 30.9 Å². The highest BCUT2D eigenvalue weighted by Gasteiger charge is 2.23. The molecule has 3 heteroatoms. The van der Waals surface area contributed by atoms with Crippen LogP contribution in [-0.2, 0) is 6.42 Å². The third-order valence-electron chi connectivity index (χ3n) is 3.03. The number of hydrogen-bond acceptors (Lipinski definition) is 1. The predicted octanol–water partition coefficient (Wildman–Crippen LogP) is 4.21. The lowest BCUT2D eigenvalue weighted by atomic mass is 9.83. The van der Waals surface area contributed by atoms with E-state index >= 15 is 0 Å². The van der Waals surface area contributed by atoms with Crippen LogP contribution in [0.4, 0.5) is 4.39 Å². The summed E-state index contributed by atoms with van der Waals surface area (Å²) in [7, 11) is 0. The molecule has 0 heterocycles. The lowest BCUT2D eigenvalue weighted by molar-refractivity contribution is 0.368. The van der Waals surface area contributed by atoms with Gasteiger partial charge in [-0.3, -0.25) is 0 Å². The second-order valence-corrected chi connectivity index (χ2v) is 5.69. The molecule has 0 aliphatic heterocycles. The van der Waals surface area contributed by atoms with Crippen molar-refractivity contribution < 1.29 is 4.39 Å². The van der Waals surface area contributed by atoms with Crippen molar-refractivity contribution in [2.75, 3.05) is 6.54 Å². The van der Waals surface area contributed by atoms with E-state index in [1.165, 1.54) is 0 Å². The number of halogens is 2. The third-order valence-corrected chi connectivity index (χ3v) is 3.32. The van der Waals surface area contributed by atoms with Crippen LogP contribution in [0.3, 0.4) is 0 Å². The Morgan fingerprint density at radius 3 is 2.72 bits per heavy atom. The fourth-order valence-electron chi connectivity index (χ4n) is 1.76. The third kappa shape index (κ3) is 4.11. The summed E-state index contributed by atoms with van der Waals surface area (Å²) in [5.41, 5.74) is 0.450. The van der Waals surface area contributed by atoms with Gasteiger partial charge in [0, 0.05) is 18.0 Å². The van der Waals surface area contributed by atoms with Gasteiger partial charge in [0.25, 0.3) is 0 Å². The molecule has 0 saturated heterocycles. The molecular formula is C15H21ClFN. The Balaban J connectivity index is 2.84. The first-order valence-electron chi connectivity index (χ1n) is 6.18. The lowest BCUT2D eigenvalue weighted by Gasteiger charge is -2.28. The largest absolute Gasteiger partial charge is 0.314 e. The van der Waals surface area contributed by atoms with Crippen LogP contribution in [0.5, 0.6) is 0 Å². The van der Waals surface area contributed by atoms with E-state index < -0.39 is 0 Å². The topological polar surface area (TPSA) is 12.0 Å². The molecule has 1 N–H and O–H groups in total. The summed E-state index contributed by atoms with van der Waals surface area (Å²) in [6, 6.07) is 5.52. The molecule has 0 aliphatic carbocycles. The maximum atomic E-state index is 13.9. The van der Waals surface area contributed by atoms with E-state index in [1.807, 2.05) is 6.08 Å². The quantitative estimate of drug-likeness (QED) is 0.763. The van der Waals surface area contributed by atoms with E-state index in [-0.39, 0.29) is 16.3 Å². The molecule has 1 unspecified atom stereocenters. The van der Waals surface area contributed by atoms with Crippen LogP contribution in [0.25, 0.3) is 0 Å². The minimum absolute atomic E-state index is 0.177. The zero-order valence-corrected chi connectivity index (χ0v) is 12.0. The van der Waals surface area contributed by atoms with Gasteiger partial charge in [0.2, 0.25) is 0 Å². The summed E-state index contributed by atoms with van der Waals surface area (Å²) in [6.07, 6.45) is 2.46. The first kappa shape index (κ1) is 15.2. The molecule has 0 amide bonds. The SMILES string of the molecule is C=CC(C)(CNC(C)C)Cc1cccc(Cl)c1F. The molecule has 1 rings (SSSR count). The van der Waals surface area contributed by atoms with Gasteiger partial charge in [-0.15, -0.1) is 6.58 Å². The van der Waals surface area contributed by atoms with Crippen molar-refractivity contribution in [1.29, 1.82) is 0 Å². The van der Waals surface area contributed by atoms with Gasteiger partial charge < -0.3 is 5.32 Å². The molecule has 0 bridgehead atoms. The summed E-state index contributed by atoms with van der Waals surface area (Å²) < 4.78 is 13.9. The van der Waals surface area contributed by atoms with Crippen LogP contribution in [-0.4, -0.2) is 12.6 Å². The average molecular weight is 270 g/mol. The minimum atomic E-state index is -0.322. The molecule has 100 valence electrons. The second-order valence-electron chi connectivity index (χ2n) is 5.28. The van der Waals surface area contributed by atoms with E-state index in [9.17, 15) is 4.39 Å². The summed E-state index contributed by atoms with van der Waals surface area (Å²) in [4.78, 5) is 0. The highest BCUT2D eigenvalue weighted by atomic mass is 35.5. The molecule has 1 aromatic carbocycles. The van der Waals surface area contributed by atoms with Gasteiger partial charge in [-0.2, -0.15) is 0 Å². The van der Waals surface area contributed by atoms with Crippen LogP contribution in [0.1, 0.15) is 26.3 Å². The number of nitrogens with one attached hydrogen (secondary N) is 1. The minimum Gasteiger partial charge on any atom is -0.314 e. The maximum absolute atomic E-state index is 13.9. The molecule has 0 fully saturated rings. The fourth-order valence-corrected chi connectivity index (χ4v) is 1.96. The Labute approximate surface area is 114 Å². The number of benzene rings is 1. The average Bonchev–Trinajstić information content (AvgIpc) is 2.33. The van der Waals surface area contributed by atoms with Crippen molar-refractivity contribution in [1.82, 2.24) is 5.32 Å². The van der Waals surface area contributed by atoms with Crippen molar-refractivity contribution in [2.24, 2.45) is 5.41 Å². The van der Waals surface area contributed by atoms with Crippen LogP contribution in [0, 0.1) is 11.2 Å². The van der Waals surface area contributed by atoms with Crippen molar-refractivity contribution in [2.45, 2.75) is 33.2 Å². The van der Waals surface area contributed by atoms with E-state index in [0.29, 0.717) is 18.0 Å². The predicted molar refractivity (Wildman–Crippen MR) is 76.6 cm³/mol. The van der Waals surface area contributed by atoms with Gasteiger partial charge in [0.1, 0.15) is 5.82 Å². The zero-order valence-electron chi connectivity index (χ0n) is 11.3. The summed E-state index contributed by atoms with van der Waals surface area (Å²) in [5.74, 6) is -0.322. The molecule has 18 heavy (non-hydrogen) atoms. The standard InChI is InChI=1S/C15H21ClFN/c1-5-15(4,10-18-11(2)3)9-12-7-6-8-13(16)14(12)17/h5-8,11,18H,1,9-10H2,2-4H3. The van der Waals surface area contributed by atoms with E-state index in [0.717, 1.165) is 6.54 Å². The van der Waals surface area contributed by atoms with E-state index in [2.05, 4.69) is 32.7 Å². The van der Waals surface area contributed by atoms with Crippen molar-refractivity contribution in [3.8, 4) is 0 Å². The van der Waals surface area contributed by atoms with Gasteiger partial charge >= 0.3 is 0 Å². The van der Waals surface area contributed by atoms with Crippen molar-refractivity contribution >= 4 is 11.6 Å². The molecule has 0 spiro atoms. The normalized spacial score (nSPS) is 14.6. The van der Waals surface area contributed by atoms with Crippen LogP contribution < -0.4 is 5.32 Å². The molecule has 1 aromatic rings. The smallest absolute Gasteiger partial charge is 0.144 e. The monoisotopic (exact) mass is 269 g/mol. The first-order chi connectivity index (χ1) is 8.38. The summed E-state index contributed by atoms with van der Waals surface area (Å²) in [5, 5.41) is 3.54. The molecule has 0 aromatic heterocycles. The Bertz CT molecular complexity index is 417. The molecular weight excluding hydrogens is 249 g/mol. The number of hydrogen-bond donors (Lipinski definition) is 1. The summed E-state index contributed by atoms with van der Waals surface area (Å²) in [6.45, 7) is 10.9.